The largest absolute Gasteiger partial charge is 0.465 e. The van der Waals surface area contributed by atoms with Crippen molar-refractivity contribution in [1.82, 2.24) is 30.7 Å². The summed E-state index contributed by atoms with van der Waals surface area (Å²) in [7, 11) is 1.00. The van der Waals surface area contributed by atoms with Gasteiger partial charge in [0.25, 0.3) is 0 Å². The average molecular weight is 1570 g/mol. The minimum atomic E-state index is -0.700. The second-order valence-corrected chi connectivity index (χ2v) is 28.3. The van der Waals surface area contributed by atoms with Gasteiger partial charge in [0.15, 0.2) is 0 Å². The summed E-state index contributed by atoms with van der Waals surface area (Å²) in [6, 6.07) is 35.0. The molecule has 0 saturated heterocycles. The first kappa shape index (κ1) is 97.2. The van der Waals surface area contributed by atoms with Crippen molar-refractivity contribution in [3.63, 3.8) is 0 Å². The van der Waals surface area contributed by atoms with Crippen LogP contribution in [0, 0.1) is 51.1 Å². The number of aliphatic hydroxyl groups is 1. The van der Waals surface area contributed by atoms with Gasteiger partial charge in [-0.25, -0.2) is 26.3 Å². The minimum Gasteiger partial charge on any atom is -0.465 e. The lowest BCUT2D eigenvalue weighted by Crippen LogP contribution is -2.55. The molecule has 6 aromatic rings. The molecule has 0 aromatic heterocycles. The van der Waals surface area contributed by atoms with E-state index in [1.165, 1.54) is 6.07 Å². The van der Waals surface area contributed by atoms with Crippen molar-refractivity contribution in [3.05, 3.63) is 232 Å². The van der Waals surface area contributed by atoms with E-state index in [2.05, 4.69) is 36.6 Å². The van der Waals surface area contributed by atoms with E-state index in [1.54, 1.807) is 34.6 Å². The molecule has 594 valence electrons. The second-order valence-electron chi connectivity index (χ2n) is 27.7. The van der Waals surface area contributed by atoms with E-state index < -0.39 is 87.3 Å². The first-order valence-corrected chi connectivity index (χ1v) is 35.8. The van der Waals surface area contributed by atoms with Gasteiger partial charge in [0, 0.05) is 50.0 Å². The molecular formula is C84H115BrF6N8O9. The Morgan fingerprint density at radius 3 is 1.05 bits per heavy atom. The molecule has 3 aliphatic heterocycles. The maximum absolute atomic E-state index is 14.5. The van der Waals surface area contributed by atoms with Crippen LogP contribution in [0.5, 0.6) is 0 Å². The zero-order valence-electron chi connectivity index (χ0n) is 62.5. The lowest BCUT2D eigenvalue weighted by atomic mass is 9.85. The molecule has 3 heterocycles. The summed E-state index contributed by atoms with van der Waals surface area (Å²) in [6.07, 6.45) is 5.44. The zero-order chi connectivity index (χ0) is 78.5. The maximum Gasteiger partial charge on any atom is 0.319 e. The van der Waals surface area contributed by atoms with Gasteiger partial charge in [-0.1, -0.05) is 217 Å². The molecular weight excluding hydrogens is 1460 g/mol. The van der Waals surface area contributed by atoms with Gasteiger partial charge in [0.05, 0.1) is 62.6 Å². The highest BCUT2D eigenvalue weighted by Gasteiger charge is 2.43. The number of rotatable bonds is 19. The van der Waals surface area contributed by atoms with Crippen molar-refractivity contribution in [1.29, 1.82) is 0 Å². The molecule has 6 aromatic carbocycles. The van der Waals surface area contributed by atoms with Crippen molar-refractivity contribution in [2.24, 2.45) is 27.7 Å². The number of nitrogens with two attached hydrogens (primary N) is 2. The van der Waals surface area contributed by atoms with Crippen LogP contribution in [0.1, 0.15) is 164 Å². The van der Waals surface area contributed by atoms with Gasteiger partial charge in [-0.3, -0.25) is 39.4 Å². The van der Waals surface area contributed by atoms with Crippen LogP contribution >= 0.6 is 15.9 Å². The van der Waals surface area contributed by atoms with E-state index in [4.69, 9.17) is 21.3 Å². The Morgan fingerprint density at radius 2 is 0.778 bits per heavy atom. The predicted molar refractivity (Wildman–Crippen MR) is 424 cm³/mol. The van der Waals surface area contributed by atoms with Crippen LogP contribution in [0.25, 0.3) is 16.7 Å². The van der Waals surface area contributed by atoms with Gasteiger partial charge in [-0.2, -0.15) is 0 Å². The normalized spacial score (nSPS) is 15.7. The Kier molecular flexibility index (Phi) is 41.9. The molecule has 0 fully saturated rings. The molecule has 6 atom stereocenters. The van der Waals surface area contributed by atoms with Crippen molar-refractivity contribution in [3.8, 4) is 0 Å². The second kappa shape index (κ2) is 46.5. The van der Waals surface area contributed by atoms with Gasteiger partial charge in [0.2, 0.25) is 23.6 Å². The standard InChI is InChI=1S/C26H31F2N3O2.C26H30F2N2O3.C22H24F2N2O.C4H7BrO2.C2H7N.CH4O.3CH4/c1-5-29-23(32)15-30-24(26(2,3)4)25(33)31-16-18(20-14-19(27)11-12-21(20)28)13-22(31)17-9-7-6-8-10-17;1-5-33-23(31)15-29-24(26(2,3)4)25(32)30-16-18(20-14-19(27)11-12-21(20)28)13-22(30)17-9-7-6-8-10-17;1-22(2,3)20(25)21(27)26-13-15(17-12-16(23)9-10-18(17)24)11-19(26)14-7-5-4-6-8-14;1-2-7-4(6)3-5;1-2-3;1-2;;;/h6-14,22,24,30H,5,15-16H2,1-4H3,(H,29,32);6-14,22,24,29H,5,15-16H2,1-4H3;4-12,19-20H,13,25H2,1-3H3;2-3H2,1H3;2-3H2,1H3;2H,1H3;3*1H4/t2*22-,24+;19-,20+;;;;;;/m000....../s1. The Bertz CT molecular complexity index is 3740. The van der Waals surface area contributed by atoms with Crippen molar-refractivity contribution in [2.45, 2.75) is 149 Å². The van der Waals surface area contributed by atoms with E-state index in [0.29, 0.717) is 35.2 Å². The van der Waals surface area contributed by atoms with E-state index in [1.807, 2.05) is 179 Å². The van der Waals surface area contributed by atoms with Crippen molar-refractivity contribution < 1.29 is 69.7 Å². The third-order valence-electron chi connectivity index (χ3n) is 16.6. The first-order valence-electron chi connectivity index (χ1n) is 34.7. The van der Waals surface area contributed by atoms with Gasteiger partial charge < -0.3 is 46.1 Å². The topological polar surface area (TPSA) is 239 Å². The molecule has 3 aliphatic rings. The van der Waals surface area contributed by atoms with E-state index in [-0.39, 0.29) is 114 Å². The Hall–Kier alpha value is -8.78. The molecule has 0 spiro atoms. The smallest absolute Gasteiger partial charge is 0.319 e. The number of halogens is 7. The van der Waals surface area contributed by atoms with Crippen molar-refractivity contribution in [2.75, 3.05) is 71.5 Å². The SMILES string of the molecule is C.C.C.CC(C)(C)[C@H](N)C(=O)N1CC(c2cc(F)ccc2F)=C[C@H]1c1ccccc1.CCN.CCNC(=O)CN[C@H](C(=O)N1CC(c2cc(F)ccc2F)=C[C@H]1c1ccccc1)C(C)(C)C.CCOC(=O)CBr.CCOC(=O)CN[C@H](C(=O)N1CC(c2cc(F)ccc2F)=C[C@H]1c1ccccc1)C(C)(C)C.CO. The molecule has 9 rings (SSSR count). The number of alkyl halides is 1. The van der Waals surface area contributed by atoms with Crippen LogP contribution in [-0.4, -0.2) is 145 Å². The third-order valence-corrected chi connectivity index (χ3v) is 17.1. The number of hydrogen-bond acceptors (Lipinski definition) is 13. The van der Waals surface area contributed by atoms with Crippen LogP contribution < -0.4 is 27.4 Å². The number of carbonyl (C=O) groups excluding carboxylic acids is 6. The number of benzene rings is 6. The van der Waals surface area contributed by atoms with Crippen LogP contribution in [-0.2, 0) is 38.2 Å². The summed E-state index contributed by atoms with van der Waals surface area (Å²) >= 11 is 2.94. The van der Waals surface area contributed by atoms with Gasteiger partial charge in [0.1, 0.15) is 40.2 Å². The number of aliphatic hydroxyl groups excluding tert-OH is 1. The molecule has 4 amide bonds. The highest BCUT2D eigenvalue weighted by molar-refractivity contribution is 9.09. The fourth-order valence-corrected chi connectivity index (χ4v) is 11.6. The van der Waals surface area contributed by atoms with Gasteiger partial charge >= 0.3 is 11.9 Å². The first-order chi connectivity index (χ1) is 49.6. The molecule has 0 aliphatic carbocycles. The lowest BCUT2D eigenvalue weighted by Gasteiger charge is -2.36. The Balaban J connectivity index is 0.000000745. The molecule has 17 nitrogen and oxygen atoms in total. The average Bonchev–Trinajstić information content (AvgIpc) is 1.64. The summed E-state index contributed by atoms with van der Waals surface area (Å²) in [5, 5.41) is 16.2. The third kappa shape index (κ3) is 28.7. The summed E-state index contributed by atoms with van der Waals surface area (Å²) in [5.74, 6) is -4.68. The molecule has 0 bridgehead atoms. The van der Waals surface area contributed by atoms with E-state index in [9.17, 15) is 55.1 Å². The fraction of sp³-hybridized carbons (Fsp3) is 0.429. The lowest BCUT2D eigenvalue weighted by molar-refractivity contribution is -0.143. The summed E-state index contributed by atoms with van der Waals surface area (Å²) in [5.41, 5.74) is 14.4. The predicted octanol–water partition coefficient (Wildman–Crippen LogP) is 15.3. The molecule has 24 heteroatoms. The summed E-state index contributed by atoms with van der Waals surface area (Å²) in [4.78, 5) is 79.7. The molecule has 0 unspecified atom stereocenters. The van der Waals surface area contributed by atoms with Crippen molar-refractivity contribution >= 4 is 68.2 Å². The maximum atomic E-state index is 14.5. The summed E-state index contributed by atoms with van der Waals surface area (Å²) in [6.45, 7) is 26.7. The quantitative estimate of drug-likeness (QED) is 0.0252. The number of ether oxygens (including phenoxy) is 2. The van der Waals surface area contributed by atoms with E-state index >= 15 is 0 Å². The fourth-order valence-electron chi connectivity index (χ4n) is 11.5. The number of esters is 2. The van der Waals surface area contributed by atoms with Crippen LogP contribution in [0.2, 0.25) is 0 Å². The molecule has 0 radical (unpaired) electrons. The van der Waals surface area contributed by atoms with Crippen LogP contribution in [0.4, 0.5) is 26.3 Å². The number of carbonyl (C=O) groups is 6. The minimum absolute atomic E-state index is 0. The molecule has 108 heavy (non-hydrogen) atoms. The number of hydrogen-bond donors (Lipinski definition) is 6. The monoisotopic (exact) mass is 1570 g/mol. The van der Waals surface area contributed by atoms with Gasteiger partial charge in [-0.05, 0) is 132 Å². The van der Waals surface area contributed by atoms with Crippen LogP contribution in [0.15, 0.2) is 164 Å². The molecule has 0 saturated carbocycles. The Labute approximate surface area is 645 Å². The highest BCUT2D eigenvalue weighted by atomic mass is 79.9. The Morgan fingerprint density at radius 1 is 0.481 bits per heavy atom. The zero-order valence-corrected chi connectivity index (χ0v) is 64.1. The molecule has 8 N–H and O–H groups in total. The van der Waals surface area contributed by atoms with Gasteiger partial charge in [-0.15, -0.1) is 0 Å². The summed E-state index contributed by atoms with van der Waals surface area (Å²) < 4.78 is 94.3. The number of likely N-dealkylation sites (N-methyl/N-ethyl adjacent to an activating group) is 1. The number of nitrogens with one attached hydrogen (secondary N) is 3. The van der Waals surface area contributed by atoms with E-state index in [0.717, 1.165) is 78.9 Å². The number of amides is 4. The van der Waals surface area contributed by atoms with Crippen LogP contribution in [0.3, 0.4) is 0 Å². The number of nitrogens with zero attached hydrogens (tertiary/aromatic N) is 3. The highest BCUT2D eigenvalue weighted by Crippen LogP contribution is 2.41.